The third kappa shape index (κ3) is 25.9. The Morgan fingerprint density at radius 2 is 0.500 bits per heavy atom. The highest BCUT2D eigenvalue weighted by Crippen LogP contribution is 2.45. The molecule has 0 spiro atoms. The molecule has 30 heteroatoms. The van der Waals surface area contributed by atoms with Crippen LogP contribution in [0.25, 0.3) is 0 Å². The minimum absolute atomic E-state index is 0.0115. The molecule has 0 radical (unpaired) electrons. The van der Waals surface area contributed by atoms with Crippen molar-refractivity contribution in [3.8, 4) is 69.0 Å². The summed E-state index contributed by atoms with van der Waals surface area (Å²) in [7, 11) is 11.1. The molecule has 0 saturated carbocycles. The van der Waals surface area contributed by atoms with Crippen molar-refractivity contribution in [3.05, 3.63) is 285 Å². The van der Waals surface area contributed by atoms with Gasteiger partial charge >= 0.3 is 0 Å². The Hall–Kier alpha value is -16.1. The Morgan fingerprint density at radius 1 is 0.217 bits per heavy atom. The molecule has 0 aliphatic rings. The number of carbonyl (C=O) groups excluding carboxylic acids is 6. The number of nitrogens with zero attached hydrogens (tertiary/aromatic N) is 9. The van der Waals surface area contributed by atoms with Gasteiger partial charge in [-0.3, -0.25) is 28.8 Å². The van der Waals surface area contributed by atoms with Crippen molar-refractivity contribution in [2.24, 2.45) is 0 Å². The first-order chi connectivity index (χ1) is 65.7. The van der Waals surface area contributed by atoms with Gasteiger partial charge in [0.15, 0.2) is 11.5 Å². The Balaban J connectivity index is 0.000000225. The number of hydrogen-bond acceptors (Lipinski definition) is 30. The highest BCUT2D eigenvalue weighted by atomic mass is 16.3. The molecule has 12 aromatic carbocycles. The molecule has 0 atom stereocenters. The third-order valence-corrected chi connectivity index (χ3v) is 23.2. The standard InChI is InChI=1S/3C19H24N2O3.3C17H20N2O3/c1-5-21(6-2)13-11-15(20(3)4)18(17(23)12-13)19(24)14-9-7-8-10-16(14)22;1-5-21(6-2)16-12-18(23)14(11-15(16)20(3)4)19(24)13-9-7-8-10-17(13)22;1-5-21(6-2)15-12-11-14(19(24)17(15)20(3)4)18(23)13-9-7-8-10-16(13)22;1-3-19(4-2)11-9-13(18)16(15(21)10-11)17(22)12-7-5-6-8-14(12)20;1-3-19(4-2)14-10-16(21)12(9-13(14)18)17(22)11-7-5-6-8-15(11)20;1-3-19(4-2)13-10-9-12(17(22)15(13)18)16(21)11-7-5-6-8-14(11)20/h2*7-12,22-23H,5-6H2,1-4H3;7-12,22,24H,5-6H2,1-4H3;2*5-10,20-21H,3-4,18H2,1-2H3;5-10,20,22H,3-4,18H2,1-2H3. The van der Waals surface area contributed by atoms with Crippen LogP contribution in [0.1, 0.15) is 179 Å². The molecule has 0 unspecified atom stereocenters. The van der Waals surface area contributed by atoms with Gasteiger partial charge in [-0.25, -0.2) is 0 Å². The van der Waals surface area contributed by atoms with Crippen LogP contribution in [0.2, 0.25) is 0 Å². The molecule has 12 rings (SSSR count). The minimum Gasteiger partial charge on any atom is -0.507 e. The van der Waals surface area contributed by atoms with E-state index in [0.717, 1.165) is 107 Å². The van der Waals surface area contributed by atoms with Crippen molar-refractivity contribution >= 4 is 103 Å². The summed E-state index contributed by atoms with van der Waals surface area (Å²) >= 11 is 0. The molecule has 0 aliphatic heterocycles. The van der Waals surface area contributed by atoms with E-state index < -0.39 is 34.7 Å². The summed E-state index contributed by atoms with van der Waals surface area (Å²) in [5.41, 5.74) is 27.2. The van der Waals surface area contributed by atoms with Crippen molar-refractivity contribution in [3.63, 3.8) is 0 Å². The molecular formula is C108H132N12O18. The van der Waals surface area contributed by atoms with Crippen molar-refractivity contribution in [1.82, 2.24) is 0 Å². The van der Waals surface area contributed by atoms with E-state index in [0.29, 0.717) is 28.4 Å². The van der Waals surface area contributed by atoms with Gasteiger partial charge in [0.1, 0.15) is 63.2 Å². The number of phenols is 12. The Morgan fingerprint density at radius 3 is 0.841 bits per heavy atom. The number of para-hydroxylation sites is 6. The molecule has 0 aliphatic carbocycles. The van der Waals surface area contributed by atoms with Gasteiger partial charge in [-0.05, 0) is 204 Å². The predicted molar refractivity (Wildman–Crippen MR) is 555 cm³/mol. The third-order valence-electron chi connectivity index (χ3n) is 23.2. The largest absolute Gasteiger partial charge is 0.507 e. The number of benzene rings is 12. The second-order valence-corrected chi connectivity index (χ2v) is 32.1. The number of hydrogen-bond donors (Lipinski definition) is 15. The number of anilines is 12. The molecule has 732 valence electrons. The number of aromatic hydroxyl groups is 12. The highest BCUT2D eigenvalue weighted by Gasteiger charge is 2.30. The van der Waals surface area contributed by atoms with Gasteiger partial charge in [-0.1, -0.05) is 72.8 Å². The summed E-state index contributed by atoms with van der Waals surface area (Å²) in [6.07, 6.45) is 0. The predicted octanol–water partition coefficient (Wildman–Crippen LogP) is 18.0. The lowest BCUT2D eigenvalue weighted by atomic mass is 9.98. The summed E-state index contributed by atoms with van der Waals surface area (Å²) in [5.74, 6) is -4.15. The topological polar surface area (TPSA) is 452 Å². The van der Waals surface area contributed by atoms with Gasteiger partial charge in [0.05, 0.1) is 112 Å². The van der Waals surface area contributed by atoms with Crippen LogP contribution in [-0.4, -0.2) is 217 Å². The number of nitrogens with two attached hydrogens (primary N) is 3. The monoisotopic (exact) mass is 1880 g/mol. The van der Waals surface area contributed by atoms with Crippen molar-refractivity contribution in [1.29, 1.82) is 0 Å². The summed E-state index contributed by atoms with van der Waals surface area (Å²) in [5, 5.41) is 122. The number of ketones is 6. The van der Waals surface area contributed by atoms with Gasteiger partial charge in [0, 0.05) is 162 Å². The van der Waals surface area contributed by atoms with Gasteiger partial charge in [0.25, 0.3) is 0 Å². The molecule has 12 aromatic rings. The minimum atomic E-state index is -0.501. The molecule has 0 saturated heterocycles. The van der Waals surface area contributed by atoms with E-state index in [4.69, 9.17) is 17.2 Å². The Kier molecular flexibility index (Phi) is 40.1. The van der Waals surface area contributed by atoms with Gasteiger partial charge in [-0.15, -0.1) is 0 Å². The number of rotatable bonds is 33. The van der Waals surface area contributed by atoms with E-state index in [1.807, 2.05) is 157 Å². The van der Waals surface area contributed by atoms with Crippen LogP contribution in [0, 0.1) is 0 Å². The lowest BCUT2D eigenvalue weighted by Gasteiger charge is -2.28. The van der Waals surface area contributed by atoms with Crippen molar-refractivity contribution in [2.75, 3.05) is 182 Å². The number of phenolic OH excluding ortho intramolecular Hbond substituents is 12. The van der Waals surface area contributed by atoms with Crippen molar-refractivity contribution < 1.29 is 90.0 Å². The van der Waals surface area contributed by atoms with Crippen LogP contribution >= 0.6 is 0 Å². The Labute approximate surface area is 808 Å². The van der Waals surface area contributed by atoms with E-state index in [2.05, 4.69) is 14.7 Å². The van der Waals surface area contributed by atoms with Crippen LogP contribution in [-0.2, 0) is 0 Å². The smallest absolute Gasteiger partial charge is 0.202 e. The average Bonchev–Trinajstić information content (AvgIpc) is 0.793. The second kappa shape index (κ2) is 50.8. The molecule has 0 heterocycles. The van der Waals surface area contributed by atoms with Crippen LogP contribution in [0.5, 0.6) is 69.0 Å². The normalized spacial score (nSPS) is 10.5. The summed E-state index contributed by atoms with van der Waals surface area (Å²) in [4.78, 5) is 93.6. The summed E-state index contributed by atoms with van der Waals surface area (Å²) in [6.45, 7) is 33.5. The molecule has 0 bridgehead atoms. The van der Waals surface area contributed by atoms with Gasteiger partial charge in [0.2, 0.25) is 34.7 Å². The van der Waals surface area contributed by atoms with Crippen LogP contribution in [0.4, 0.5) is 68.2 Å². The molecule has 18 N–H and O–H groups in total. The maximum absolute atomic E-state index is 12.9. The van der Waals surface area contributed by atoms with Gasteiger partial charge < -0.3 is 123 Å². The van der Waals surface area contributed by atoms with E-state index >= 15 is 0 Å². The van der Waals surface area contributed by atoms with Crippen LogP contribution in [0.15, 0.2) is 218 Å². The highest BCUT2D eigenvalue weighted by molar-refractivity contribution is 6.19. The SMILES string of the molecule is CCN(CC)c1cc(N)c(C(=O)c2ccccc2O)c(O)c1.CCN(CC)c1cc(O)c(C(=O)c2ccccc2O)c(N(C)C)c1.CCN(CC)c1cc(O)c(C(=O)c2ccccc2O)cc1N.CCN(CC)c1cc(O)c(C(=O)c2ccccc2O)cc1N(C)C.CCN(CC)c1ccc(C(=O)c2ccccc2O)c(O)c1N.CCN(CC)c1ccc(C(=O)c2ccccc2O)c(O)c1N(C)C. The number of nitrogen functional groups attached to an aromatic ring is 3. The fraction of sp³-hybridized carbons (Fsp3) is 0.278. The lowest BCUT2D eigenvalue weighted by Crippen LogP contribution is -2.25. The maximum Gasteiger partial charge on any atom is 0.202 e. The zero-order chi connectivity index (χ0) is 102. The molecular weight excluding hydrogens is 1750 g/mol. The first kappa shape index (κ1) is 109. The van der Waals surface area contributed by atoms with E-state index in [-0.39, 0.29) is 147 Å². The fourth-order valence-corrected chi connectivity index (χ4v) is 15.6. The van der Waals surface area contributed by atoms with Gasteiger partial charge in [-0.2, -0.15) is 0 Å². The summed E-state index contributed by atoms with van der Waals surface area (Å²) in [6, 6.07) is 57.3. The first-order valence-electron chi connectivity index (χ1n) is 45.7. The van der Waals surface area contributed by atoms with E-state index in [9.17, 15) is 90.0 Å². The van der Waals surface area contributed by atoms with E-state index in [1.54, 1.807) is 137 Å². The number of carbonyl (C=O) groups is 6. The molecule has 0 aromatic heterocycles. The Bertz CT molecular complexity index is 6060. The fourth-order valence-electron chi connectivity index (χ4n) is 15.6. The molecule has 138 heavy (non-hydrogen) atoms. The van der Waals surface area contributed by atoms with E-state index in [1.165, 1.54) is 78.9 Å². The molecule has 0 amide bonds. The van der Waals surface area contributed by atoms with Crippen molar-refractivity contribution in [2.45, 2.75) is 83.1 Å². The maximum atomic E-state index is 12.9. The summed E-state index contributed by atoms with van der Waals surface area (Å²) < 4.78 is 0. The van der Waals surface area contributed by atoms with Crippen LogP contribution in [0.3, 0.4) is 0 Å². The first-order valence-corrected chi connectivity index (χ1v) is 45.7. The zero-order valence-corrected chi connectivity index (χ0v) is 81.8. The van der Waals surface area contributed by atoms with Crippen LogP contribution < -0.4 is 61.3 Å². The molecule has 0 fully saturated rings. The lowest BCUT2D eigenvalue weighted by molar-refractivity contribution is 0.102. The zero-order valence-electron chi connectivity index (χ0n) is 81.8. The second-order valence-electron chi connectivity index (χ2n) is 32.1. The molecule has 30 nitrogen and oxygen atoms in total. The quantitative estimate of drug-likeness (QED) is 0.00786. The average molecular weight is 1890 g/mol.